The molecule has 1 aliphatic rings. The lowest BCUT2D eigenvalue weighted by molar-refractivity contribution is 0.395. The molecule has 1 aliphatic carbocycles. The maximum absolute atomic E-state index is 6.85. The van der Waals surface area contributed by atoms with Crippen LogP contribution in [0.5, 0.6) is 0 Å². The minimum Gasteiger partial charge on any atom is -0.321 e. The number of nitrogens with two attached hydrogens (primary N) is 1. The van der Waals surface area contributed by atoms with Crippen molar-refractivity contribution >= 4 is 16.3 Å². The predicted octanol–water partition coefficient (Wildman–Crippen LogP) is 3.52. The molecular formula is C17H19N3S. The van der Waals surface area contributed by atoms with Crippen molar-refractivity contribution in [2.24, 2.45) is 5.73 Å². The molecule has 3 aromatic rings. The summed E-state index contributed by atoms with van der Waals surface area (Å²) >= 11 is 1.67. The lowest BCUT2D eigenvalue weighted by atomic mass is 9.82. The molecule has 1 aromatic carbocycles. The third-order valence-electron chi connectivity index (χ3n) is 4.51. The van der Waals surface area contributed by atoms with Crippen LogP contribution in [-0.2, 0) is 18.4 Å². The fraction of sp³-hybridized carbons (Fsp3) is 0.353. The molecule has 0 amide bonds. The van der Waals surface area contributed by atoms with Crippen LogP contribution < -0.4 is 5.73 Å². The average Bonchev–Trinajstić information content (AvgIpc) is 3.00. The van der Waals surface area contributed by atoms with Crippen LogP contribution in [0.3, 0.4) is 0 Å². The van der Waals surface area contributed by atoms with Crippen molar-refractivity contribution in [3.05, 3.63) is 58.9 Å². The molecule has 21 heavy (non-hydrogen) atoms. The topological polar surface area (TPSA) is 43.3 Å². The summed E-state index contributed by atoms with van der Waals surface area (Å²) in [5.41, 5.74) is 10.4. The monoisotopic (exact) mass is 297 g/mol. The molecule has 2 aromatic heterocycles. The van der Waals surface area contributed by atoms with Gasteiger partial charge in [0.15, 0.2) is 4.96 Å². The van der Waals surface area contributed by atoms with Crippen LogP contribution in [0.25, 0.3) is 4.96 Å². The van der Waals surface area contributed by atoms with Gasteiger partial charge >= 0.3 is 0 Å². The molecule has 0 aliphatic heterocycles. The number of thiazole rings is 1. The number of fused-ring (bicyclic) bond motifs is 2. The highest BCUT2D eigenvalue weighted by atomic mass is 32.1. The van der Waals surface area contributed by atoms with Gasteiger partial charge in [-0.3, -0.25) is 4.40 Å². The van der Waals surface area contributed by atoms with Crippen molar-refractivity contribution in [3.63, 3.8) is 0 Å². The van der Waals surface area contributed by atoms with Crippen molar-refractivity contribution in [3.8, 4) is 0 Å². The Labute approximate surface area is 128 Å². The number of aromatic nitrogens is 2. The van der Waals surface area contributed by atoms with Crippen LogP contribution in [0.2, 0.25) is 0 Å². The summed E-state index contributed by atoms with van der Waals surface area (Å²) in [5.74, 6) is 0. The molecule has 0 saturated heterocycles. The van der Waals surface area contributed by atoms with E-state index in [1.165, 1.54) is 24.0 Å². The van der Waals surface area contributed by atoms with E-state index in [4.69, 9.17) is 10.7 Å². The molecule has 4 rings (SSSR count). The lowest BCUT2D eigenvalue weighted by Crippen LogP contribution is -2.39. The van der Waals surface area contributed by atoms with Gasteiger partial charge in [-0.2, -0.15) is 0 Å². The van der Waals surface area contributed by atoms with Crippen molar-refractivity contribution in [1.29, 1.82) is 0 Å². The smallest absolute Gasteiger partial charge is 0.193 e. The summed E-state index contributed by atoms with van der Waals surface area (Å²) in [5, 5.41) is 2.06. The highest BCUT2D eigenvalue weighted by molar-refractivity contribution is 7.15. The predicted molar refractivity (Wildman–Crippen MR) is 86.6 cm³/mol. The van der Waals surface area contributed by atoms with Gasteiger partial charge in [-0.05, 0) is 30.4 Å². The number of benzene rings is 1. The number of nitrogens with zero attached hydrogens (tertiary/aromatic N) is 2. The van der Waals surface area contributed by atoms with E-state index in [-0.39, 0.29) is 5.54 Å². The highest BCUT2D eigenvalue weighted by Gasteiger charge is 2.32. The van der Waals surface area contributed by atoms with Gasteiger partial charge < -0.3 is 5.73 Å². The number of hydrogen-bond donors (Lipinski definition) is 1. The molecule has 3 nitrogen and oxygen atoms in total. The largest absolute Gasteiger partial charge is 0.321 e. The molecular weight excluding hydrogens is 278 g/mol. The van der Waals surface area contributed by atoms with Crippen molar-refractivity contribution < 1.29 is 0 Å². The van der Waals surface area contributed by atoms with Gasteiger partial charge in [-0.25, -0.2) is 4.98 Å². The highest BCUT2D eigenvalue weighted by Crippen LogP contribution is 2.34. The first-order valence-electron chi connectivity index (χ1n) is 7.53. The van der Waals surface area contributed by atoms with E-state index in [1.807, 2.05) is 0 Å². The maximum atomic E-state index is 6.85. The van der Waals surface area contributed by atoms with Gasteiger partial charge in [0, 0.05) is 29.7 Å². The van der Waals surface area contributed by atoms with Crippen molar-refractivity contribution in [2.45, 2.75) is 37.6 Å². The van der Waals surface area contributed by atoms with Crippen LogP contribution in [0.1, 0.15) is 36.1 Å². The molecule has 1 unspecified atom stereocenters. The number of imidazole rings is 1. The van der Waals surface area contributed by atoms with E-state index in [9.17, 15) is 0 Å². The second kappa shape index (κ2) is 4.97. The van der Waals surface area contributed by atoms with E-state index >= 15 is 0 Å². The van der Waals surface area contributed by atoms with E-state index in [2.05, 4.69) is 46.4 Å². The van der Waals surface area contributed by atoms with Crippen molar-refractivity contribution in [2.75, 3.05) is 0 Å². The minimum atomic E-state index is -0.281. The van der Waals surface area contributed by atoms with Gasteiger partial charge in [0.1, 0.15) is 0 Å². The summed E-state index contributed by atoms with van der Waals surface area (Å²) < 4.78 is 2.09. The Morgan fingerprint density at radius 3 is 3.10 bits per heavy atom. The van der Waals surface area contributed by atoms with E-state index < -0.39 is 0 Å². The fourth-order valence-corrected chi connectivity index (χ4v) is 4.20. The second-order valence-electron chi connectivity index (χ2n) is 6.02. The van der Waals surface area contributed by atoms with Gasteiger partial charge in [0.25, 0.3) is 0 Å². The fourth-order valence-electron chi connectivity index (χ4n) is 3.48. The van der Waals surface area contributed by atoms with Gasteiger partial charge in [0.05, 0.1) is 5.69 Å². The lowest BCUT2D eigenvalue weighted by Gasteiger charge is -2.29. The quantitative estimate of drug-likeness (QED) is 0.735. The van der Waals surface area contributed by atoms with Crippen LogP contribution in [0, 0.1) is 0 Å². The first-order chi connectivity index (χ1) is 10.2. The van der Waals surface area contributed by atoms with Crippen LogP contribution in [0.15, 0.2) is 42.0 Å². The zero-order valence-electron chi connectivity index (χ0n) is 12.0. The Kier molecular flexibility index (Phi) is 3.08. The maximum Gasteiger partial charge on any atom is 0.193 e. The zero-order chi connectivity index (χ0) is 14.3. The van der Waals surface area contributed by atoms with Gasteiger partial charge in [0.2, 0.25) is 0 Å². The summed E-state index contributed by atoms with van der Waals surface area (Å²) in [6, 6.07) is 8.67. The molecule has 2 N–H and O–H groups in total. The van der Waals surface area contributed by atoms with E-state index in [0.717, 1.165) is 29.9 Å². The standard InChI is InChI=1S/C17H19N3S/c18-17(11-14-12-20-9-10-21-16(20)19-14)8-4-3-6-13-5-1-2-7-15(13)17/h1-2,5,7,9-10,12H,3-4,6,8,11,18H2. The van der Waals surface area contributed by atoms with Gasteiger partial charge in [-0.1, -0.05) is 30.7 Å². The SMILES string of the molecule is NC1(Cc2cn3ccsc3n2)CCCCc2ccccc21. The summed E-state index contributed by atoms with van der Waals surface area (Å²) in [7, 11) is 0. The molecule has 4 heteroatoms. The Morgan fingerprint density at radius 2 is 2.19 bits per heavy atom. The van der Waals surface area contributed by atoms with E-state index in [1.54, 1.807) is 11.3 Å². The number of aryl methyl sites for hydroxylation is 1. The molecule has 0 fully saturated rings. The molecule has 0 radical (unpaired) electrons. The molecule has 108 valence electrons. The number of hydrogen-bond acceptors (Lipinski definition) is 3. The molecule has 0 bridgehead atoms. The van der Waals surface area contributed by atoms with Crippen molar-refractivity contribution in [1.82, 2.24) is 9.38 Å². The number of rotatable bonds is 2. The Hall–Kier alpha value is -1.65. The average molecular weight is 297 g/mol. The first kappa shape index (κ1) is 13.0. The van der Waals surface area contributed by atoms with Crippen LogP contribution in [0.4, 0.5) is 0 Å². The summed E-state index contributed by atoms with van der Waals surface area (Å²) in [6.07, 6.45) is 9.59. The third-order valence-corrected chi connectivity index (χ3v) is 5.28. The Bertz CT molecular complexity index is 745. The summed E-state index contributed by atoms with van der Waals surface area (Å²) in [6.45, 7) is 0. The summed E-state index contributed by atoms with van der Waals surface area (Å²) in [4.78, 5) is 5.77. The normalized spacial score (nSPS) is 22.1. The van der Waals surface area contributed by atoms with Crippen LogP contribution in [-0.4, -0.2) is 9.38 Å². The second-order valence-corrected chi connectivity index (χ2v) is 6.90. The molecule has 1 atom stereocenters. The third kappa shape index (κ3) is 2.28. The minimum absolute atomic E-state index is 0.281. The van der Waals surface area contributed by atoms with Crippen LogP contribution >= 0.6 is 11.3 Å². The zero-order valence-corrected chi connectivity index (χ0v) is 12.8. The molecule has 0 spiro atoms. The Balaban J connectivity index is 1.73. The van der Waals surface area contributed by atoms with Gasteiger partial charge in [-0.15, -0.1) is 11.3 Å². The molecule has 0 saturated carbocycles. The molecule has 2 heterocycles. The Morgan fingerprint density at radius 1 is 1.29 bits per heavy atom. The van der Waals surface area contributed by atoms with E-state index in [0.29, 0.717) is 0 Å². The first-order valence-corrected chi connectivity index (χ1v) is 8.41.